The molecule has 2 nitrogen and oxygen atoms in total. The van der Waals surface area contributed by atoms with E-state index in [0.717, 1.165) is 11.4 Å². The van der Waals surface area contributed by atoms with E-state index in [9.17, 15) is 0 Å². The molecule has 0 bridgehead atoms. The summed E-state index contributed by atoms with van der Waals surface area (Å²) in [6.45, 7) is 13.5. The summed E-state index contributed by atoms with van der Waals surface area (Å²) in [4.78, 5) is 4.89. The Morgan fingerprint density at radius 3 is 0.906 bits per heavy atom. The van der Waals surface area contributed by atoms with Crippen LogP contribution in [-0.2, 0) is 0 Å². The number of nitrogens with zero attached hydrogens (tertiary/aromatic N) is 2. The first kappa shape index (κ1) is 40.4. The number of aryl methyl sites for hydroxylation is 6. The number of benzene rings is 10. The first-order chi connectivity index (χ1) is 31.2. The van der Waals surface area contributed by atoms with Crippen molar-refractivity contribution in [1.29, 1.82) is 0 Å². The normalized spacial score (nSPS) is 11.3. The van der Waals surface area contributed by atoms with Gasteiger partial charge in [-0.15, -0.1) is 0 Å². The van der Waals surface area contributed by atoms with Gasteiger partial charge in [0.1, 0.15) is 0 Å². The lowest BCUT2D eigenvalue weighted by atomic mass is 9.93. The minimum atomic E-state index is 1.13. The zero-order valence-electron chi connectivity index (χ0n) is 37.5. The summed E-state index contributed by atoms with van der Waals surface area (Å²) in [5, 5.41) is 5.02. The second kappa shape index (κ2) is 16.9. The van der Waals surface area contributed by atoms with Gasteiger partial charge in [0, 0.05) is 22.7 Å². The molecule has 0 amide bonds. The smallest absolute Gasteiger partial charge is 0.0520 e. The van der Waals surface area contributed by atoms with Gasteiger partial charge in [-0.2, -0.15) is 0 Å². The first-order valence-electron chi connectivity index (χ1n) is 22.3. The molecule has 0 unspecified atom stereocenters. The summed E-state index contributed by atoms with van der Waals surface area (Å²) >= 11 is 0. The maximum atomic E-state index is 2.44. The third kappa shape index (κ3) is 7.62. The minimum Gasteiger partial charge on any atom is -0.310 e. The van der Waals surface area contributed by atoms with Crippen LogP contribution in [0.4, 0.5) is 34.1 Å². The fraction of sp³-hybridized carbons (Fsp3) is 0.0968. The summed E-state index contributed by atoms with van der Waals surface area (Å²) in [6, 6.07) is 75.6. The Morgan fingerprint density at radius 1 is 0.234 bits per heavy atom. The van der Waals surface area contributed by atoms with Gasteiger partial charge in [-0.1, -0.05) is 133 Å². The molecule has 0 aromatic heterocycles. The second-order valence-electron chi connectivity index (χ2n) is 17.4. The summed E-state index contributed by atoms with van der Waals surface area (Å²) < 4.78 is 0. The molecule has 0 aliphatic carbocycles. The van der Waals surface area contributed by atoms with Gasteiger partial charge in [-0.05, 0) is 203 Å². The van der Waals surface area contributed by atoms with E-state index in [0.29, 0.717) is 0 Å². The maximum absolute atomic E-state index is 2.44. The largest absolute Gasteiger partial charge is 0.310 e. The van der Waals surface area contributed by atoms with Crippen molar-refractivity contribution in [2.75, 3.05) is 9.80 Å². The average molecular weight is 825 g/mol. The van der Waals surface area contributed by atoms with E-state index in [1.807, 2.05) is 0 Å². The highest BCUT2D eigenvalue weighted by Crippen LogP contribution is 2.45. The van der Waals surface area contributed by atoms with Crippen LogP contribution in [0.25, 0.3) is 54.9 Å². The topological polar surface area (TPSA) is 6.48 Å². The molecule has 310 valence electrons. The summed E-state index contributed by atoms with van der Waals surface area (Å²) in [5.41, 5.74) is 21.7. The van der Waals surface area contributed by atoms with Crippen LogP contribution in [0.5, 0.6) is 0 Å². The Bertz CT molecular complexity index is 3070. The van der Waals surface area contributed by atoms with E-state index in [1.165, 1.54) is 111 Å². The lowest BCUT2D eigenvalue weighted by Gasteiger charge is -2.31. The zero-order valence-corrected chi connectivity index (χ0v) is 37.5. The van der Waals surface area contributed by atoms with E-state index in [-0.39, 0.29) is 0 Å². The number of hydrogen-bond donors (Lipinski definition) is 0. The van der Waals surface area contributed by atoms with E-state index in [2.05, 4.69) is 258 Å². The van der Waals surface area contributed by atoms with Crippen LogP contribution in [0.15, 0.2) is 206 Å². The van der Waals surface area contributed by atoms with Gasteiger partial charge in [0.15, 0.2) is 0 Å². The molecule has 10 rings (SSSR count). The third-order valence-electron chi connectivity index (χ3n) is 12.9. The number of para-hydroxylation sites is 2. The van der Waals surface area contributed by atoms with Crippen LogP contribution in [-0.4, -0.2) is 0 Å². The molecule has 0 atom stereocenters. The quantitative estimate of drug-likeness (QED) is 0.143. The number of rotatable bonds is 9. The average Bonchev–Trinajstić information content (AvgIpc) is 3.32. The zero-order chi connectivity index (χ0) is 43.9. The van der Waals surface area contributed by atoms with Gasteiger partial charge >= 0.3 is 0 Å². The highest BCUT2D eigenvalue weighted by molar-refractivity contribution is 5.91. The van der Waals surface area contributed by atoms with Crippen LogP contribution in [0, 0.1) is 41.5 Å². The lowest BCUT2D eigenvalue weighted by molar-refractivity contribution is 1.19. The van der Waals surface area contributed by atoms with Gasteiger partial charge in [-0.25, -0.2) is 0 Å². The molecule has 0 aliphatic rings. The van der Waals surface area contributed by atoms with Crippen molar-refractivity contribution in [2.45, 2.75) is 41.5 Å². The number of hydrogen-bond acceptors (Lipinski definition) is 2. The highest BCUT2D eigenvalue weighted by Gasteiger charge is 2.22. The Morgan fingerprint density at radius 2 is 0.547 bits per heavy atom. The molecule has 10 aromatic carbocycles. The molecular weight excluding hydrogens is 773 g/mol. The monoisotopic (exact) mass is 824 g/mol. The van der Waals surface area contributed by atoms with Crippen molar-refractivity contribution in [1.82, 2.24) is 0 Å². The molecule has 2 heteroatoms. The molecule has 0 saturated heterocycles. The van der Waals surface area contributed by atoms with Crippen LogP contribution in [0.3, 0.4) is 0 Å². The number of fused-ring (bicyclic) bond motifs is 2. The molecule has 0 radical (unpaired) electrons. The Balaban J connectivity index is 1.01. The third-order valence-corrected chi connectivity index (χ3v) is 12.9. The van der Waals surface area contributed by atoms with Crippen LogP contribution in [0.1, 0.15) is 33.4 Å². The van der Waals surface area contributed by atoms with Gasteiger partial charge in [0.2, 0.25) is 0 Å². The SMILES string of the molecule is Cc1ccccc1N(c1ccc(-c2ccc3ccccc3c2)cc1)c1c(C)cc(-c2cc(C)c(N(c3ccc(-c4ccc5ccccc5c4)cc3)c3ccccc3C)c(C)c2)cc1C. The van der Waals surface area contributed by atoms with Crippen molar-refractivity contribution < 1.29 is 0 Å². The molecule has 0 heterocycles. The molecule has 0 aliphatic heterocycles. The fourth-order valence-corrected chi connectivity index (χ4v) is 9.70. The van der Waals surface area contributed by atoms with E-state index in [1.54, 1.807) is 0 Å². The van der Waals surface area contributed by atoms with E-state index in [4.69, 9.17) is 0 Å². The van der Waals surface area contributed by atoms with Gasteiger partial charge in [0.25, 0.3) is 0 Å². The molecule has 0 saturated carbocycles. The summed E-state index contributed by atoms with van der Waals surface area (Å²) in [6.07, 6.45) is 0. The Kier molecular flexibility index (Phi) is 10.7. The number of anilines is 6. The maximum Gasteiger partial charge on any atom is 0.0520 e. The van der Waals surface area contributed by atoms with E-state index >= 15 is 0 Å². The first-order valence-corrected chi connectivity index (χ1v) is 22.3. The van der Waals surface area contributed by atoms with Crippen molar-refractivity contribution >= 4 is 55.7 Å². The van der Waals surface area contributed by atoms with E-state index < -0.39 is 0 Å². The second-order valence-corrected chi connectivity index (χ2v) is 17.4. The molecule has 10 aromatic rings. The van der Waals surface area contributed by atoms with Crippen LogP contribution in [0.2, 0.25) is 0 Å². The van der Waals surface area contributed by atoms with Crippen LogP contribution < -0.4 is 9.80 Å². The summed E-state index contributed by atoms with van der Waals surface area (Å²) in [7, 11) is 0. The highest BCUT2D eigenvalue weighted by atomic mass is 15.2. The predicted octanol–water partition coefficient (Wildman–Crippen LogP) is 17.8. The standard InChI is InChI=1S/C62H52N2/c1-41-15-7-13-21-59(41)63(57-31-27-49(28-32-57)53-25-23-47-17-9-11-19-51(47)39-53)61-43(3)35-55(36-44(61)4)56-37-45(5)62(46(6)38-56)64(60-22-14-8-16-42(60)2)58-33-29-50(30-34-58)54-26-24-48-18-10-12-20-52(48)40-54/h7-40H,1-6H3. The molecule has 0 N–H and O–H groups in total. The molecule has 0 spiro atoms. The summed E-state index contributed by atoms with van der Waals surface area (Å²) in [5.74, 6) is 0. The van der Waals surface area contributed by atoms with Crippen molar-refractivity contribution in [2.24, 2.45) is 0 Å². The van der Waals surface area contributed by atoms with Crippen molar-refractivity contribution in [3.8, 4) is 33.4 Å². The van der Waals surface area contributed by atoms with Gasteiger partial charge in [0.05, 0.1) is 11.4 Å². The van der Waals surface area contributed by atoms with Crippen LogP contribution >= 0.6 is 0 Å². The van der Waals surface area contributed by atoms with Gasteiger partial charge < -0.3 is 9.80 Å². The predicted molar refractivity (Wildman–Crippen MR) is 276 cm³/mol. The lowest BCUT2D eigenvalue weighted by Crippen LogP contribution is -2.14. The Labute approximate surface area is 378 Å². The van der Waals surface area contributed by atoms with Gasteiger partial charge in [-0.3, -0.25) is 0 Å². The Hall–Kier alpha value is -7.68. The molecule has 0 fully saturated rings. The fourth-order valence-electron chi connectivity index (χ4n) is 9.70. The molecular formula is C62H52N2. The van der Waals surface area contributed by atoms with Crippen molar-refractivity contribution in [3.63, 3.8) is 0 Å². The van der Waals surface area contributed by atoms with Crippen molar-refractivity contribution in [3.05, 3.63) is 240 Å². The molecule has 64 heavy (non-hydrogen) atoms. The minimum absolute atomic E-state index is 1.13.